The fraction of sp³-hybridized carbons (Fsp3) is 0.125. The minimum atomic E-state index is -0.207. The van der Waals surface area contributed by atoms with Crippen LogP contribution < -0.4 is 5.32 Å². The number of rotatable bonds is 4. The van der Waals surface area contributed by atoms with Crippen molar-refractivity contribution in [2.24, 2.45) is 0 Å². The molecule has 0 amide bonds. The van der Waals surface area contributed by atoms with Crippen LogP contribution in [-0.4, -0.2) is 16.7 Å². The number of nitrogens with one attached hydrogen (secondary N) is 1. The Balaban J connectivity index is 1.69. The topological polar surface area (TPSA) is 37.8 Å². The third-order valence-corrected chi connectivity index (χ3v) is 3.19. The molecule has 1 aromatic heterocycles. The molecule has 0 aliphatic heterocycles. The van der Waals surface area contributed by atoms with Gasteiger partial charge in [0.15, 0.2) is 5.82 Å². The van der Waals surface area contributed by atoms with E-state index in [9.17, 15) is 4.39 Å². The van der Waals surface area contributed by atoms with Crippen LogP contribution in [0.15, 0.2) is 54.7 Å². The smallest absolute Gasteiger partial charge is 0.156 e. The Labute approximate surface area is 116 Å². The van der Waals surface area contributed by atoms with Crippen LogP contribution in [0.25, 0.3) is 10.8 Å². The summed E-state index contributed by atoms with van der Waals surface area (Å²) in [7, 11) is 0. The molecular weight excluding hydrogens is 253 g/mol. The Morgan fingerprint density at radius 3 is 2.65 bits per heavy atom. The van der Waals surface area contributed by atoms with E-state index in [0.717, 1.165) is 35.1 Å². The summed E-state index contributed by atoms with van der Waals surface area (Å²) >= 11 is 0. The van der Waals surface area contributed by atoms with Crippen molar-refractivity contribution in [2.45, 2.75) is 6.42 Å². The predicted molar refractivity (Wildman–Crippen MR) is 78.1 cm³/mol. The van der Waals surface area contributed by atoms with Gasteiger partial charge in [0.1, 0.15) is 5.82 Å². The Hall–Kier alpha value is -2.49. The molecule has 4 heteroatoms. The van der Waals surface area contributed by atoms with Crippen molar-refractivity contribution in [2.75, 3.05) is 11.9 Å². The Kier molecular flexibility index (Phi) is 3.54. The van der Waals surface area contributed by atoms with Gasteiger partial charge in [-0.15, -0.1) is 5.10 Å². The van der Waals surface area contributed by atoms with E-state index in [1.54, 1.807) is 18.3 Å². The summed E-state index contributed by atoms with van der Waals surface area (Å²) in [6.45, 7) is 0.730. The SMILES string of the molecule is Fc1ccc(CCNc2nncc3ccccc23)cc1. The van der Waals surface area contributed by atoms with Crippen molar-refractivity contribution < 1.29 is 4.39 Å². The summed E-state index contributed by atoms with van der Waals surface area (Å²) < 4.78 is 12.8. The number of hydrogen-bond donors (Lipinski definition) is 1. The number of benzene rings is 2. The molecule has 0 radical (unpaired) electrons. The monoisotopic (exact) mass is 267 g/mol. The normalized spacial score (nSPS) is 10.7. The highest BCUT2D eigenvalue weighted by Gasteiger charge is 2.02. The van der Waals surface area contributed by atoms with Crippen molar-refractivity contribution >= 4 is 16.6 Å². The standard InChI is InChI=1S/C16H14FN3/c17-14-7-5-12(6-8-14)9-10-18-16-15-4-2-1-3-13(15)11-19-20-16/h1-8,11H,9-10H2,(H,18,20). The van der Waals surface area contributed by atoms with Crippen LogP contribution in [0.5, 0.6) is 0 Å². The highest BCUT2D eigenvalue weighted by molar-refractivity contribution is 5.90. The lowest BCUT2D eigenvalue weighted by Crippen LogP contribution is -2.07. The molecule has 0 saturated carbocycles. The molecule has 0 atom stereocenters. The van der Waals surface area contributed by atoms with Crippen LogP contribution in [0.3, 0.4) is 0 Å². The average molecular weight is 267 g/mol. The number of anilines is 1. The molecule has 3 nitrogen and oxygen atoms in total. The van der Waals surface area contributed by atoms with E-state index in [2.05, 4.69) is 15.5 Å². The van der Waals surface area contributed by atoms with E-state index in [1.165, 1.54) is 12.1 Å². The number of nitrogens with zero attached hydrogens (tertiary/aromatic N) is 2. The Morgan fingerprint density at radius 1 is 1.00 bits per heavy atom. The third kappa shape index (κ3) is 2.74. The fourth-order valence-electron chi connectivity index (χ4n) is 2.13. The zero-order valence-electron chi connectivity index (χ0n) is 10.9. The zero-order chi connectivity index (χ0) is 13.8. The molecule has 0 fully saturated rings. The van der Waals surface area contributed by atoms with Gasteiger partial charge in [0.2, 0.25) is 0 Å². The first-order valence-corrected chi connectivity index (χ1v) is 6.52. The van der Waals surface area contributed by atoms with Crippen molar-refractivity contribution in [3.8, 4) is 0 Å². The van der Waals surface area contributed by atoms with Crippen LogP contribution in [0.1, 0.15) is 5.56 Å². The Morgan fingerprint density at radius 2 is 1.80 bits per heavy atom. The first-order chi connectivity index (χ1) is 9.83. The summed E-state index contributed by atoms with van der Waals surface area (Å²) in [6, 6.07) is 14.5. The van der Waals surface area contributed by atoms with Gasteiger partial charge in [-0.2, -0.15) is 5.10 Å². The minimum absolute atomic E-state index is 0.207. The van der Waals surface area contributed by atoms with Crippen molar-refractivity contribution in [1.82, 2.24) is 10.2 Å². The maximum atomic E-state index is 12.8. The lowest BCUT2D eigenvalue weighted by Gasteiger charge is -2.07. The maximum absolute atomic E-state index is 12.8. The predicted octanol–water partition coefficient (Wildman–Crippen LogP) is 3.42. The molecule has 0 saturated heterocycles. The van der Waals surface area contributed by atoms with Crippen LogP contribution in [0.4, 0.5) is 10.2 Å². The van der Waals surface area contributed by atoms with Crippen LogP contribution >= 0.6 is 0 Å². The van der Waals surface area contributed by atoms with Crippen LogP contribution in [0.2, 0.25) is 0 Å². The van der Waals surface area contributed by atoms with E-state index < -0.39 is 0 Å². The zero-order valence-corrected chi connectivity index (χ0v) is 10.9. The number of halogens is 1. The van der Waals surface area contributed by atoms with E-state index in [0.29, 0.717) is 0 Å². The summed E-state index contributed by atoms with van der Waals surface area (Å²) in [6.07, 6.45) is 2.56. The quantitative estimate of drug-likeness (QED) is 0.787. The van der Waals surface area contributed by atoms with Gasteiger partial charge in [0.05, 0.1) is 6.20 Å². The summed E-state index contributed by atoms with van der Waals surface area (Å²) in [4.78, 5) is 0. The molecule has 0 bridgehead atoms. The Bertz CT molecular complexity index is 705. The molecule has 0 spiro atoms. The highest BCUT2D eigenvalue weighted by atomic mass is 19.1. The van der Waals surface area contributed by atoms with Gasteiger partial charge >= 0.3 is 0 Å². The fourth-order valence-corrected chi connectivity index (χ4v) is 2.13. The minimum Gasteiger partial charge on any atom is -0.368 e. The van der Waals surface area contributed by atoms with Crippen molar-refractivity contribution in [3.05, 3.63) is 66.1 Å². The second kappa shape index (κ2) is 5.65. The summed E-state index contributed by atoms with van der Waals surface area (Å²) in [5.74, 6) is 0.576. The van der Waals surface area contributed by atoms with Crippen LogP contribution in [-0.2, 0) is 6.42 Å². The molecule has 2 aromatic carbocycles. The molecule has 0 unspecified atom stereocenters. The second-order valence-corrected chi connectivity index (χ2v) is 4.58. The number of fused-ring (bicyclic) bond motifs is 1. The van der Waals surface area contributed by atoms with E-state index >= 15 is 0 Å². The lowest BCUT2D eigenvalue weighted by molar-refractivity contribution is 0.627. The second-order valence-electron chi connectivity index (χ2n) is 4.58. The molecular formula is C16H14FN3. The molecule has 100 valence electrons. The van der Waals surface area contributed by atoms with Crippen LogP contribution in [0, 0.1) is 5.82 Å². The number of aromatic nitrogens is 2. The van der Waals surface area contributed by atoms with Gasteiger partial charge in [-0.25, -0.2) is 4.39 Å². The molecule has 0 aliphatic rings. The first kappa shape index (κ1) is 12.5. The molecule has 1 heterocycles. The van der Waals surface area contributed by atoms with Gasteiger partial charge in [0.25, 0.3) is 0 Å². The van der Waals surface area contributed by atoms with Gasteiger partial charge < -0.3 is 5.32 Å². The number of hydrogen-bond acceptors (Lipinski definition) is 3. The van der Waals surface area contributed by atoms with Gasteiger partial charge in [0, 0.05) is 17.3 Å². The molecule has 20 heavy (non-hydrogen) atoms. The van der Waals surface area contributed by atoms with Crippen molar-refractivity contribution in [3.63, 3.8) is 0 Å². The van der Waals surface area contributed by atoms with Gasteiger partial charge in [-0.05, 0) is 24.1 Å². The highest BCUT2D eigenvalue weighted by Crippen LogP contribution is 2.19. The molecule has 1 N–H and O–H groups in total. The average Bonchev–Trinajstić information content (AvgIpc) is 2.49. The molecule has 3 aromatic rings. The van der Waals surface area contributed by atoms with Crippen molar-refractivity contribution in [1.29, 1.82) is 0 Å². The maximum Gasteiger partial charge on any atom is 0.156 e. The molecule has 3 rings (SSSR count). The first-order valence-electron chi connectivity index (χ1n) is 6.52. The third-order valence-electron chi connectivity index (χ3n) is 3.19. The molecule has 0 aliphatic carbocycles. The van der Waals surface area contributed by atoms with Gasteiger partial charge in [-0.3, -0.25) is 0 Å². The van der Waals surface area contributed by atoms with E-state index in [-0.39, 0.29) is 5.82 Å². The van der Waals surface area contributed by atoms with Gasteiger partial charge in [-0.1, -0.05) is 36.4 Å². The van der Waals surface area contributed by atoms with E-state index in [1.807, 2.05) is 24.3 Å². The van der Waals surface area contributed by atoms with E-state index in [4.69, 9.17) is 0 Å². The summed E-state index contributed by atoms with van der Waals surface area (Å²) in [5, 5.41) is 13.5. The summed E-state index contributed by atoms with van der Waals surface area (Å²) in [5.41, 5.74) is 1.09. The largest absolute Gasteiger partial charge is 0.368 e. The lowest BCUT2D eigenvalue weighted by atomic mass is 10.1.